The van der Waals surface area contributed by atoms with Gasteiger partial charge in [0.2, 0.25) is 0 Å². The summed E-state index contributed by atoms with van der Waals surface area (Å²) in [5.41, 5.74) is 0.458. The Morgan fingerprint density at radius 3 is 2.62 bits per heavy atom. The van der Waals surface area contributed by atoms with Crippen LogP contribution in [0.4, 0.5) is 0 Å². The molecule has 2 heteroatoms. The van der Waals surface area contributed by atoms with E-state index in [2.05, 4.69) is 25.7 Å². The maximum absolute atomic E-state index is 5.91. The minimum atomic E-state index is 0.458. The van der Waals surface area contributed by atoms with Gasteiger partial charge < -0.3 is 0 Å². The van der Waals surface area contributed by atoms with Gasteiger partial charge in [-0.05, 0) is 37.8 Å². The molecular weight excluding hydrogens is 182 g/mol. The highest BCUT2D eigenvalue weighted by atomic mass is 35.5. The molecule has 0 aromatic rings. The van der Waals surface area contributed by atoms with Crippen LogP contribution in [0, 0.1) is 5.41 Å². The lowest BCUT2D eigenvalue weighted by Crippen LogP contribution is -2.33. The lowest BCUT2D eigenvalue weighted by atomic mass is 9.92. The van der Waals surface area contributed by atoms with Crippen LogP contribution in [0.2, 0.25) is 0 Å². The van der Waals surface area contributed by atoms with E-state index in [1.165, 1.54) is 32.4 Å². The first-order valence-corrected chi connectivity index (χ1v) is 5.86. The molecule has 0 saturated carbocycles. The predicted octanol–water partition coefficient (Wildman–Crippen LogP) is 3.13. The van der Waals surface area contributed by atoms with Crippen molar-refractivity contribution in [2.24, 2.45) is 5.41 Å². The summed E-state index contributed by atoms with van der Waals surface area (Å²) < 4.78 is 0. The van der Waals surface area contributed by atoms with E-state index >= 15 is 0 Å². The van der Waals surface area contributed by atoms with Crippen molar-refractivity contribution in [1.82, 2.24) is 4.90 Å². The van der Waals surface area contributed by atoms with E-state index < -0.39 is 0 Å². The van der Waals surface area contributed by atoms with E-state index in [0.717, 1.165) is 5.88 Å². The van der Waals surface area contributed by atoms with Crippen molar-refractivity contribution in [1.29, 1.82) is 0 Å². The zero-order chi connectivity index (χ0) is 9.90. The maximum atomic E-state index is 5.91. The first kappa shape index (κ1) is 11.3. The number of alkyl halides is 1. The monoisotopic (exact) mass is 203 g/mol. The fourth-order valence-corrected chi connectivity index (χ4v) is 2.19. The van der Waals surface area contributed by atoms with E-state index in [4.69, 9.17) is 11.6 Å². The molecule has 0 bridgehead atoms. The number of hydrogen-bond acceptors (Lipinski definition) is 1. The highest BCUT2D eigenvalue weighted by molar-refractivity contribution is 6.18. The SMILES string of the molecule is CC(C)(C)CCN1CCCC1CCl. The van der Waals surface area contributed by atoms with Gasteiger partial charge in [0.25, 0.3) is 0 Å². The van der Waals surface area contributed by atoms with Crippen LogP contribution in [0.25, 0.3) is 0 Å². The minimum absolute atomic E-state index is 0.458. The molecule has 1 atom stereocenters. The average Bonchev–Trinajstić information content (AvgIpc) is 2.46. The Balaban J connectivity index is 2.28. The van der Waals surface area contributed by atoms with Gasteiger partial charge >= 0.3 is 0 Å². The summed E-state index contributed by atoms with van der Waals surface area (Å²) in [4.78, 5) is 2.55. The van der Waals surface area contributed by atoms with Crippen molar-refractivity contribution in [2.45, 2.75) is 46.1 Å². The topological polar surface area (TPSA) is 3.24 Å². The first-order valence-electron chi connectivity index (χ1n) is 5.33. The number of halogens is 1. The third kappa shape index (κ3) is 3.86. The van der Waals surface area contributed by atoms with E-state index in [1.54, 1.807) is 0 Å². The second-order valence-electron chi connectivity index (χ2n) is 5.30. The first-order chi connectivity index (χ1) is 6.03. The van der Waals surface area contributed by atoms with E-state index in [1.807, 2.05) is 0 Å². The summed E-state index contributed by atoms with van der Waals surface area (Å²) in [6, 6.07) is 0.656. The van der Waals surface area contributed by atoms with Gasteiger partial charge in [0.05, 0.1) is 0 Å². The number of likely N-dealkylation sites (tertiary alicyclic amines) is 1. The molecule has 1 heterocycles. The number of nitrogens with zero attached hydrogens (tertiary/aromatic N) is 1. The molecular formula is C11H22ClN. The van der Waals surface area contributed by atoms with E-state index in [-0.39, 0.29) is 0 Å². The fourth-order valence-electron chi connectivity index (χ4n) is 1.84. The Kier molecular flexibility index (Phi) is 4.06. The standard InChI is InChI=1S/C11H22ClN/c1-11(2,3)6-8-13-7-4-5-10(13)9-12/h10H,4-9H2,1-3H3. The second kappa shape index (κ2) is 4.65. The van der Waals surface area contributed by atoms with Gasteiger partial charge in [-0.3, -0.25) is 4.90 Å². The van der Waals surface area contributed by atoms with Crippen LogP contribution in [0.5, 0.6) is 0 Å². The summed E-state index contributed by atoms with van der Waals surface area (Å²) in [5.74, 6) is 0.810. The normalized spacial score (nSPS) is 25.4. The summed E-state index contributed by atoms with van der Waals surface area (Å²) in [6.07, 6.45) is 3.91. The molecule has 1 unspecified atom stereocenters. The summed E-state index contributed by atoms with van der Waals surface area (Å²) in [5, 5.41) is 0. The Hall–Kier alpha value is 0.250. The van der Waals surface area contributed by atoms with Crippen molar-refractivity contribution in [3.05, 3.63) is 0 Å². The molecule has 1 saturated heterocycles. The molecule has 1 fully saturated rings. The smallest absolute Gasteiger partial charge is 0.0379 e. The third-order valence-electron chi connectivity index (χ3n) is 2.83. The molecule has 1 aliphatic heterocycles. The van der Waals surface area contributed by atoms with Crippen LogP contribution in [0.15, 0.2) is 0 Å². The van der Waals surface area contributed by atoms with Gasteiger partial charge in [-0.15, -0.1) is 11.6 Å². The molecule has 0 aromatic carbocycles. The molecule has 13 heavy (non-hydrogen) atoms. The van der Waals surface area contributed by atoms with Gasteiger partial charge in [-0.25, -0.2) is 0 Å². The van der Waals surface area contributed by atoms with Crippen LogP contribution in [-0.4, -0.2) is 29.9 Å². The lowest BCUT2D eigenvalue weighted by molar-refractivity contribution is 0.225. The highest BCUT2D eigenvalue weighted by Crippen LogP contribution is 2.23. The molecule has 0 radical (unpaired) electrons. The molecule has 78 valence electrons. The molecule has 1 rings (SSSR count). The highest BCUT2D eigenvalue weighted by Gasteiger charge is 2.24. The fraction of sp³-hybridized carbons (Fsp3) is 1.00. The van der Waals surface area contributed by atoms with Gasteiger partial charge in [0.1, 0.15) is 0 Å². The molecule has 0 spiro atoms. The predicted molar refractivity (Wildman–Crippen MR) is 59.4 cm³/mol. The lowest BCUT2D eigenvalue weighted by Gasteiger charge is -2.26. The van der Waals surface area contributed by atoms with E-state index in [0.29, 0.717) is 11.5 Å². The van der Waals surface area contributed by atoms with Crippen molar-refractivity contribution >= 4 is 11.6 Å². The van der Waals surface area contributed by atoms with Crippen LogP contribution in [-0.2, 0) is 0 Å². The van der Waals surface area contributed by atoms with Crippen LogP contribution >= 0.6 is 11.6 Å². The largest absolute Gasteiger partial charge is 0.299 e. The zero-order valence-corrected chi connectivity index (χ0v) is 9.90. The minimum Gasteiger partial charge on any atom is -0.299 e. The number of hydrogen-bond donors (Lipinski definition) is 0. The quantitative estimate of drug-likeness (QED) is 0.638. The Morgan fingerprint density at radius 2 is 2.08 bits per heavy atom. The van der Waals surface area contributed by atoms with Gasteiger partial charge in [0, 0.05) is 11.9 Å². The van der Waals surface area contributed by atoms with Gasteiger partial charge in [-0.2, -0.15) is 0 Å². The van der Waals surface area contributed by atoms with Crippen molar-refractivity contribution in [3.63, 3.8) is 0 Å². The van der Waals surface area contributed by atoms with Crippen molar-refractivity contribution < 1.29 is 0 Å². The Bertz CT molecular complexity index is 151. The average molecular weight is 204 g/mol. The van der Waals surface area contributed by atoms with Crippen molar-refractivity contribution in [3.8, 4) is 0 Å². The number of rotatable bonds is 3. The zero-order valence-electron chi connectivity index (χ0n) is 9.15. The molecule has 0 N–H and O–H groups in total. The van der Waals surface area contributed by atoms with Gasteiger partial charge in [0.15, 0.2) is 0 Å². The molecule has 0 amide bonds. The van der Waals surface area contributed by atoms with E-state index in [9.17, 15) is 0 Å². The Morgan fingerprint density at radius 1 is 1.38 bits per heavy atom. The van der Waals surface area contributed by atoms with Crippen LogP contribution < -0.4 is 0 Å². The third-order valence-corrected chi connectivity index (χ3v) is 3.18. The second-order valence-corrected chi connectivity index (χ2v) is 5.61. The molecule has 0 aromatic heterocycles. The van der Waals surface area contributed by atoms with Crippen molar-refractivity contribution in [2.75, 3.05) is 19.0 Å². The Labute approximate surface area is 87.4 Å². The van der Waals surface area contributed by atoms with Gasteiger partial charge in [-0.1, -0.05) is 20.8 Å². The maximum Gasteiger partial charge on any atom is 0.0379 e. The van der Waals surface area contributed by atoms with Crippen LogP contribution in [0.1, 0.15) is 40.0 Å². The summed E-state index contributed by atoms with van der Waals surface area (Å²) in [7, 11) is 0. The van der Waals surface area contributed by atoms with Crippen LogP contribution in [0.3, 0.4) is 0 Å². The molecule has 1 aliphatic rings. The molecule has 0 aliphatic carbocycles. The summed E-state index contributed by atoms with van der Waals surface area (Å²) in [6.45, 7) is 9.39. The summed E-state index contributed by atoms with van der Waals surface area (Å²) >= 11 is 5.91. The molecule has 1 nitrogen and oxygen atoms in total.